The average molecular weight is 408 g/mol. The van der Waals surface area contributed by atoms with Gasteiger partial charge in [0.05, 0.1) is 10.2 Å². The Balaban J connectivity index is 1.45. The minimum absolute atomic E-state index is 0.0318. The number of carbonyl (C=O) groups is 2. The third-order valence-corrected chi connectivity index (χ3v) is 8.21. The Labute approximate surface area is 169 Å². The van der Waals surface area contributed by atoms with Gasteiger partial charge in [0.2, 0.25) is 5.91 Å². The monoisotopic (exact) mass is 407 g/mol. The lowest BCUT2D eigenvalue weighted by atomic mass is 9.48. The number of nitrogens with one attached hydrogen (secondary N) is 1. The van der Waals surface area contributed by atoms with Crippen molar-refractivity contribution in [3.63, 3.8) is 0 Å². The number of thioether (sulfide) groups is 1. The van der Waals surface area contributed by atoms with Gasteiger partial charge in [-0.2, -0.15) is 0 Å². The zero-order chi connectivity index (χ0) is 19.4. The number of rotatable bonds is 5. The summed E-state index contributed by atoms with van der Waals surface area (Å²) in [6.45, 7) is 3.88. The molecule has 4 saturated carbocycles. The van der Waals surface area contributed by atoms with Gasteiger partial charge in [0.25, 0.3) is 0 Å². The van der Waals surface area contributed by atoms with Gasteiger partial charge in [-0.1, -0.05) is 11.6 Å². The fourth-order valence-electron chi connectivity index (χ4n) is 5.69. The summed E-state index contributed by atoms with van der Waals surface area (Å²) in [5.74, 6) is 0.512. The average Bonchev–Trinajstić information content (AvgIpc) is 2.59. The second kappa shape index (κ2) is 6.70. The maximum Gasteiger partial charge on any atom is 0.309 e. The Morgan fingerprint density at radius 1 is 1.15 bits per heavy atom. The molecule has 4 aliphatic carbocycles. The van der Waals surface area contributed by atoms with E-state index in [1.54, 1.807) is 0 Å². The lowest BCUT2D eigenvalue weighted by Crippen LogP contribution is -2.62. The van der Waals surface area contributed by atoms with E-state index in [1.165, 1.54) is 11.8 Å². The van der Waals surface area contributed by atoms with E-state index in [0.29, 0.717) is 35.6 Å². The highest BCUT2D eigenvalue weighted by Crippen LogP contribution is 2.60. The molecular weight excluding hydrogens is 382 g/mol. The van der Waals surface area contributed by atoms with Crippen molar-refractivity contribution in [3.05, 3.63) is 29.3 Å². The van der Waals surface area contributed by atoms with Crippen molar-refractivity contribution in [2.45, 2.75) is 61.6 Å². The first-order valence-corrected chi connectivity index (χ1v) is 10.9. The number of benzene rings is 1. The third-order valence-electron chi connectivity index (χ3n) is 6.76. The minimum atomic E-state index is -0.634. The molecule has 2 N–H and O–H groups in total. The molecule has 27 heavy (non-hydrogen) atoms. The van der Waals surface area contributed by atoms with E-state index < -0.39 is 16.1 Å². The molecule has 0 aliphatic heterocycles. The van der Waals surface area contributed by atoms with Crippen molar-refractivity contribution in [3.8, 4) is 0 Å². The van der Waals surface area contributed by atoms with Gasteiger partial charge in [-0.05, 0) is 88.0 Å². The lowest BCUT2D eigenvalue weighted by Gasteiger charge is -2.58. The van der Waals surface area contributed by atoms with Crippen molar-refractivity contribution in [1.29, 1.82) is 0 Å². The molecule has 0 radical (unpaired) electrons. The predicted molar refractivity (Wildman–Crippen MR) is 107 cm³/mol. The van der Waals surface area contributed by atoms with Crippen LogP contribution in [0.3, 0.4) is 0 Å². The smallest absolute Gasteiger partial charge is 0.309 e. The van der Waals surface area contributed by atoms with Gasteiger partial charge in [-0.3, -0.25) is 9.59 Å². The molecule has 0 saturated heterocycles. The normalized spacial score (nSPS) is 34.5. The molecular formula is C21H26ClNO3S. The number of aliphatic carboxylic acids is 1. The summed E-state index contributed by atoms with van der Waals surface area (Å²) < 4.78 is -0.604. The van der Waals surface area contributed by atoms with E-state index >= 15 is 0 Å². The fourth-order valence-corrected chi connectivity index (χ4v) is 6.83. The number of hydrogen-bond acceptors (Lipinski definition) is 3. The number of carboxylic acid groups (broad SMARTS) is 1. The molecule has 4 fully saturated rings. The number of carboxylic acids is 1. The zero-order valence-corrected chi connectivity index (χ0v) is 17.3. The minimum Gasteiger partial charge on any atom is -0.481 e. The van der Waals surface area contributed by atoms with Gasteiger partial charge in [0.15, 0.2) is 0 Å². The predicted octanol–water partition coefficient (Wildman–Crippen LogP) is 4.61. The summed E-state index contributed by atoms with van der Waals surface area (Å²) in [5, 5.41) is 13.8. The van der Waals surface area contributed by atoms with Crippen LogP contribution in [0, 0.1) is 23.2 Å². The Hall–Kier alpha value is -1.20. The van der Waals surface area contributed by atoms with Crippen molar-refractivity contribution in [2.24, 2.45) is 23.2 Å². The van der Waals surface area contributed by atoms with Crippen LogP contribution in [-0.4, -0.2) is 27.8 Å². The highest BCUT2D eigenvalue weighted by molar-refractivity contribution is 8.01. The number of amides is 1. The van der Waals surface area contributed by atoms with Gasteiger partial charge in [-0.25, -0.2) is 0 Å². The Kier molecular flexibility index (Phi) is 4.75. The zero-order valence-electron chi connectivity index (χ0n) is 15.7. The van der Waals surface area contributed by atoms with Gasteiger partial charge >= 0.3 is 5.97 Å². The Bertz CT molecular complexity index is 747. The molecule has 4 nitrogen and oxygen atoms in total. The van der Waals surface area contributed by atoms with E-state index in [9.17, 15) is 14.7 Å². The third kappa shape index (κ3) is 3.49. The summed E-state index contributed by atoms with van der Waals surface area (Å²) in [7, 11) is 0. The topological polar surface area (TPSA) is 66.4 Å². The summed E-state index contributed by atoms with van der Waals surface area (Å²) >= 11 is 7.48. The molecule has 2 unspecified atom stereocenters. The van der Waals surface area contributed by atoms with Crippen LogP contribution < -0.4 is 5.32 Å². The van der Waals surface area contributed by atoms with E-state index in [0.717, 1.165) is 24.2 Å². The second-order valence-electron chi connectivity index (χ2n) is 9.12. The largest absolute Gasteiger partial charge is 0.481 e. The van der Waals surface area contributed by atoms with Crippen LogP contribution in [0.4, 0.5) is 0 Å². The molecule has 0 heterocycles. The molecule has 1 aromatic rings. The summed E-state index contributed by atoms with van der Waals surface area (Å²) in [6.07, 6.45) is 4.37. The van der Waals surface area contributed by atoms with Gasteiger partial charge in [0.1, 0.15) is 0 Å². The second-order valence-corrected chi connectivity index (χ2v) is 11.3. The molecule has 4 bridgehead atoms. The molecule has 0 aromatic heterocycles. The van der Waals surface area contributed by atoms with Crippen LogP contribution in [0.25, 0.3) is 0 Å². The molecule has 146 valence electrons. The fraction of sp³-hybridized carbons (Fsp3) is 0.619. The van der Waals surface area contributed by atoms with Crippen LogP contribution in [0.2, 0.25) is 5.02 Å². The van der Waals surface area contributed by atoms with Crippen molar-refractivity contribution in [1.82, 2.24) is 5.32 Å². The highest BCUT2D eigenvalue weighted by atomic mass is 35.5. The number of carbonyl (C=O) groups excluding carboxylic acids is 1. The summed E-state index contributed by atoms with van der Waals surface area (Å²) in [6, 6.07) is 7.65. The van der Waals surface area contributed by atoms with Crippen molar-refractivity contribution >= 4 is 35.2 Å². The van der Waals surface area contributed by atoms with E-state index in [4.69, 9.17) is 11.6 Å². The molecule has 0 spiro atoms. The van der Waals surface area contributed by atoms with Crippen LogP contribution in [0.1, 0.15) is 46.0 Å². The molecule has 6 heteroatoms. The molecule has 5 rings (SSSR count). The molecule has 2 atom stereocenters. The lowest BCUT2D eigenvalue weighted by molar-refractivity contribution is -0.167. The van der Waals surface area contributed by atoms with Crippen molar-refractivity contribution in [2.75, 3.05) is 0 Å². The summed E-state index contributed by atoms with van der Waals surface area (Å²) in [4.78, 5) is 25.9. The number of hydrogen-bond donors (Lipinski definition) is 2. The van der Waals surface area contributed by atoms with Gasteiger partial charge < -0.3 is 10.4 Å². The maximum atomic E-state index is 13.1. The maximum absolute atomic E-state index is 13.1. The number of halogens is 1. The molecule has 4 aliphatic rings. The first-order valence-electron chi connectivity index (χ1n) is 9.67. The van der Waals surface area contributed by atoms with Crippen LogP contribution in [0.15, 0.2) is 29.2 Å². The van der Waals surface area contributed by atoms with E-state index in [1.807, 2.05) is 38.1 Å². The molecule has 1 aromatic carbocycles. The standard InChI is InChI=1S/C21H26ClNO3S/c1-20(2,27-16-5-3-15(22)4-6-16)18(24)23-17-13-7-12-8-14(17)11-21(9-12,10-13)19(25)26/h3-6,12-14,17H,7-11H2,1-2H3,(H,23,24)(H,25,26). The van der Waals surface area contributed by atoms with Crippen molar-refractivity contribution < 1.29 is 14.7 Å². The first kappa shape index (κ1) is 19.1. The summed E-state index contributed by atoms with van der Waals surface area (Å²) in [5.41, 5.74) is -0.536. The SMILES string of the molecule is CC(C)(Sc1ccc(Cl)cc1)C(=O)NC1C2CC3CC1CC(C(=O)O)(C3)C2. The molecule has 1 amide bonds. The van der Waals surface area contributed by atoms with Crippen LogP contribution in [-0.2, 0) is 9.59 Å². The van der Waals surface area contributed by atoms with Crippen LogP contribution in [0.5, 0.6) is 0 Å². The van der Waals surface area contributed by atoms with Crippen LogP contribution >= 0.6 is 23.4 Å². The quantitative estimate of drug-likeness (QED) is 0.699. The first-order chi connectivity index (χ1) is 12.7. The van der Waals surface area contributed by atoms with E-state index in [2.05, 4.69) is 5.32 Å². The highest BCUT2D eigenvalue weighted by Gasteiger charge is 2.59. The Morgan fingerprint density at radius 3 is 2.30 bits per heavy atom. The van der Waals surface area contributed by atoms with E-state index in [-0.39, 0.29) is 11.9 Å². The van der Waals surface area contributed by atoms with Gasteiger partial charge in [-0.15, -0.1) is 11.8 Å². The van der Waals surface area contributed by atoms with Gasteiger partial charge in [0, 0.05) is 16.0 Å². The Morgan fingerprint density at radius 2 is 1.74 bits per heavy atom.